The van der Waals surface area contributed by atoms with E-state index in [1.165, 1.54) is 23.1 Å². The lowest BCUT2D eigenvalue weighted by molar-refractivity contribution is -0.113. The quantitative estimate of drug-likeness (QED) is 0.226. The highest BCUT2D eigenvalue weighted by atomic mass is 35.5. The van der Waals surface area contributed by atoms with Crippen molar-refractivity contribution >= 4 is 73.0 Å². The van der Waals surface area contributed by atoms with Gasteiger partial charge in [0.15, 0.2) is 5.13 Å². The van der Waals surface area contributed by atoms with Crippen LogP contribution in [0.2, 0.25) is 10.0 Å². The predicted molar refractivity (Wildman–Crippen MR) is 145 cm³/mol. The number of hydrogen-bond donors (Lipinski definition) is 2. The number of rotatable bonds is 8. The maximum Gasteiger partial charge on any atom is 0.261 e. The van der Waals surface area contributed by atoms with Gasteiger partial charge >= 0.3 is 0 Å². The molecule has 0 bridgehead atoms. The van der Waals surface area contributed by atoms with Crippen LogP contribution in [-0.4, -0.2) is 25.1 Å². The molecule has 3 aromatic carbocycles. The highest BCUT2D eigenvalue weighted by molar-refractivity contribution is 8.00. The molecule has 35 heavy (non-hydrogen) atoms. The molecule has 1 heterocycles. The minimum absolute atomic E-state index is 0.172. The van der Waals surface area contributed by atoms with E-state index >= 15 is 0 Å². The van der Waals surface area contributed by atoms with Crippen LogP contribution in [0, 0.1) is 6.92 Å². The van der Waals surface area contributed by atoms with E-state index in [4.69, 9.17) is 23.2 Å². The Morgan fingerprint density at radius 3 is 2.43 bits per heavy atom. The number of aryl methyl sites for hydroxylation is 1. The van der Waals surface area contributed by atoms with Crippen molar-refractivity contribution in [1.82, 2.24) is 4.98 Å². The minimum atomic E-state index is -3.67. The second-order valence-corrected chi connectivity index (χ2v) is 11.9. The first-order chi connectivity index (χ1) is 16.7. The molecule has 6 nitrogen and oxygen atoms in total. The summed E-state index contributed by atoms with van der Waals surface area (Å²) < 4.78 is 27.6. The standard InChI is InChI=1S/C24H19Cl2N3O3S3/c1-15-2-9-19(10-3-15)35(31,32)29-17-5-7-18(8-6-17)33-14-23(30)28-24-27-22(13-34-24)20-11-4-16(25)12-21(20)26/h2-13,29H,14H2,1H3,(H,27,28,30). The van der Waals surface area contributed by atoms with E-state index in [-0.39, 0.29) is 16.6 Å². The molecule has 11 heteroatoms. The summed E-state index contributed by atoms with van der Waals surface area (Å²) in [6, 6.07) is 18.6. The third kappa shape index (κ3) is 6.77. The zero-order chi connectivity index (χ0) is 25.0. The van der Waals surface area contributed by atoms with Gasteiger partial charge in [-0.15, -0.1) is 23.1 Å². The van der Waals surface area contributed by atoms with E-state index in [2.05, 4.69) is 15.0 Å². The molecule has 1 aromatic heterocycles. The second-order valence-electron chi connectivity index (χ2n) is 7.44. The lowest BCUT2D eigenvalue weighted by Crippen LogP contribution is -2.14. The summed E-state index contributed by atoms with van der Waals surface area (Å²) >= 11 is 14.8. The molecule has 4 rings (SSSR count). The number of sulfonamides is 1. The van der Waals surface area contributed by atoms with Gasteiger partial charge in [0.25, 0.3) is 10.0 Å². The number of nitrogens with one attached hydrogen (secondary N) is 2. The fraction of sp³-hybridized carbons (Fsp3) is 0.0833. The van der Waals surface area contributed by atoms with Crippen molar-refractivity contribution in [2.75, 3.05) is 15.8 Å². The average molecular weight is 565 g/mol. The molecule has 0 radical (unpaired) electrons. The highest BCUT2D eigenvalue weighted by Crippen LogP contribution is 2.32. The number of carbonyl (C=O) groups is 1. The lowest BCUT2D eigenvalue weighted by atomic mass is 10.2. The number of benzene rings is 3. The topological polar surface area (TPSA) is 88.2 Å². The summed E-state index contributed by atoms with van der Waals surface area (Å²) in [5.74, 6) is -0.0346. The van der Waals surface area contributed by atoms with Crippen molar-refractivity contribution in [1.29, 1.82) is 0 Å². The molecule has 0 aliphatic rings. The van der Waals surface area contributed by atoms with Crippen molar-refractivity contribution in [3.8, 4) is 11.3 Å². The number of thioether (sulfide) groups is 1. The van der Waals surface area contributed by atoms with Crippen molar-refractivity contribution < 1.29 is 13.2 Å². The van der Waals surface area contributed by atoms with Crippen molar-refractivity contribution in [3.63, 3.8) is 0 Å². The molecule has 0 saturated heterocycles. The average Bonchev–Trinajstić information content (AvgIpc) is 3.26. The number of anilines is 2. The number of halogens is 2. The third-order valence-electron chi connectivity index (χ3n) is 4.77. The van der Waals surface area contributed by atoms with Gasteiger partial charge < -0.3 is 5.32 Å². The van der Waals surface area contributed by atoms with Gasteiger partial charge in [0.1, 0.15) is 0 Å². The van der Waals surface area contributed by atoms with Crippen molar-refractivity contribution in [2.45, 2.75) is 16.7 Å². The van der Waals surface area contributed by atoms with Crippen LogP contribution in [0.25, 0.3) is 11.3 Å². The largest absolute Gasteiger partial charge is 0.301 e. The molecule has 2 N–H and O–H groups in total. The monoisotopic (exact) mass is 563 g/mol. The number of amides is 1. The normalized spacial score (nSPS) is 11.3. The van der Waals surface area contributed by atoms with E-state index < -0.39 is 10.0 Å². The molecule has 0 aliphatic carbocycles. The van der Waals surface area contributed by atoms with Crippen LogP contribution >= 0.6 is 46.3 Å². The van der Waals surface area contributed by atoms with Gasteiger partial charge in [-0.2, -0.15) is 0 Å². The molecule has 0 atom stereocenters. The SMILES string of the molecule is Cc1ccc(S(=O)(=O)Nc2ccc(SCC(=O)Nc3nc(-c4ccc(Cl)cc4Cl)cs3)cc2)cc1. The Kier molecular flexibility index (Phi) is 8.03. The van der Waals surface area contributed by atoms with Crippen LogP contribution in [0.3, 0.4) is 0 Å². The van der Waals surface area contributed by atoms with E-state index in [9.17, 15) is 13.2 Å². The molecule has 0 unspecified atom stereocenters. The predicted octanol–water partition coefficient (Wildman–Crippen LogP) is 6.96. The lowest BCUT2D eigenvalue weighted by Gasteiger charge is -2.09. The van der Waals surface area contributed by atoms with Crippen LogP contribution in [0.15, 0.2) is 81.9 Å². The molecular formula is C24H19Cl2N3O3S3. The molecule has 0 aliphatic heterocycles. The third-order valence-corrected chi connectivity index (χ3v) is 8.48. The van der Waals surface area contributed by atoms with Gasteiger partial charge in [-0.1, -0.05) is 40.9 Å². The van der Waals surface area contributed by atoms with Crippen LogP contribution < -0.4 is 10.0 Å². The molecule has 1 amide bonds. The second kappa shape index (κ2) is 11.0. The first-order valence-corrected chi connectivity index (χ1v) is 14.3. The van der Waals surface area contributed by atoms with Gasteiger partial charge in [-0.3, -0.25) is 9.52 Å². The molecule has 0 saturated carbocycles. The highest BCUT2D eigenvalue weighted by Gasteiger charge is 2.14. The first kappa shape index (κ1) is 25.5. The number of hydrogen-bond acceptors (Lipinski definition) is 6. The van der Waals surface area contributed by atoms with Gasteiger partial charge in [0.2, 0.25) is 5.91 Å². The van der Waals surface area contributed by atoms with Crippen LogP contribution in [0.4, 0.5) is 10.8 Å². The summed E-state index contributed by atoms with van der Waals surface area (Å²) in [4.78, 5) is 17.8. The zero-order valence-corrected chi connectivity index (χ0v) is 22.2. The van der Waals surface area contributed by atoms with E-state index in [1.54, 1.807) is 66.7 Å². The molecule has 0 fully saturated rings. The smallest absolute Gasteiger partial charge is 0.261 e. The fourth-order valence-corrected chi connectivity index (χ4v) is 6.00. The molecule has 180 valence electrons. The Labute approximate surface area is 221 Å². The van der Waals surface area contributed by atoms with Crippen LogP contribution in [0.5, 0.6) is 0 Å². The van der Waals surface area contributed by atoms with E-state index in [0.29, 0.717) is 26.6 Å². The van der Waals surface area contributed by atoms with Crippen LogP contribution in [0.1, 0.15) is 5.56 Å². The van der Waals surface area contributed by atoms with E-state index in [0.717, 1.165) is 16.0 Å². The zero-order valence-electron chi connectivity index (χ0n) is 18.3. The van der Waals surface area contributed by atoms with Gasteiger partial charge in [-0.05, 0) is 61.5 Å². The molecule has 0 spiro atoms. The number of aromatic nitrogens is 1. The Balaban J connectivity index is 1.31. The Morgan fingerprint density at radius 1 is 1.03 bits per heavy atom. The van der Waals surface area contributed by atoms with Crippen molar-refractivity contribution in [3.05, 3.63) is 87.7 Å². The van der Waals surface area contributed by atoms with Gasteiger partial charge in [0, 0.05) is 26.5 Å². The number of nitrogens with zero attached hydrogens (tertiary/aromatic N) is 1. The maximum atomic E-state index is 12.5. The summed E-state index contributed by atoms with van der Waals surface area (Å²) in [5, 5.41) is 6.09. The maximum absolute atomic E-state index is 12.5. The number of thiazole rings is 1. The summed E-state index contributed by atoms with van der Waals surface area (Å²) in [7, 11) is -3.67. The summed E-state index contributed by atoms with van der Waals surface area (Å²) in [6.45, 7) is 1.89. The Bertz CT molecular complexity index is 1460. The van der Waals surface area contributed by atoms with Crippen molar-refractivity contribution in [2.24, 2.45) is 0 Å². The minimum Gasteiger partial charge on any atom is -0.301 e. The van der Waals surface area contributed by atoms with E-state index in [1.807, 2.05) is 12.3 Å². The summed E-state index contributed by atoms with van der Waals surface area (Å²) in [5.41, 5.74) is 2.81. The fourth-order valence-electron chi connectivity index (χ4n) is 3.01. The molecule has 4 aromatic rings. The van der Waals surface area contributed by atoms with Gasteiger partial charge in [-0.25, -0.2) is 13.4 Å². The Morgan fingerprint density at radius 2 is 1.74 bits per heavy atom. The Hall–Kier alpha value is -2.56. The molecular weight excluding hydrogens is 545 g/mol. The summed E-state index contributed by atoms with van der Waals surface area (Å²) in [6.07, 6.45) is 0. The van der Waals surface area contributed by atoms with Gasteiger partial charge in [0.05, 0.1) is 21.4 Å². The van der Waals surface area contributed by atoms with Crippen LogP contribution in [-0.2, 0) is 14.8 Å². The first-order valence-electron chi connectivity index (χ1n) is 10.2. The number of carbonyl (C=O) groups excluding carboxylic acids is 1.